The van der Waals surface area contributed by atoms with Crippen LogP contribution in [-0.2, 0) is 17.8 Å². The largest absolute Gasteiger partial charge is 0.350 e. The van der Waals surface area contributed by atoms with Crippen LogP contribution in [0.5, 0.6) is 0 Å². The number of carbonyl (C=O) groups is 1. The maximum atomic E-state index is 12.6. The van der Waals surface area contributed by atoms with E-state index in [1.54, 1.807) is 0 Å². The van der Waals surface area contributed by atoms with Gasteiger partial charge in [-0.3, -0.25) is 4.79 Å². The zero-order chi connectivity index (χ0) is 16.5. The van der Waals surface area contributed by atoms with Crippen LogP contribution in [0.4, 0.5) is 0 Å². The lowest BCUT2D eigenvalue weighted by atomic mass is 9.82. The summed E-state index contributed by atoms with van der Waals surface area (Å²) in [4.78, 5) is 17.1. The van der Waals surface area contributed by atoms with Gasteiger partial charge in [-0.15, -0.1) is 0 Å². The Morgan fingerprint density at radius 2 is 2.12 bits per heavy atom. The second-order valence-corrected chi connectivity index (χ2v) is 6.64. The van der Waals surface area contributed by atoms with Crippen molar-refractivity contribution in [2.75, 3.05) is 0 Å². The van der Waals surface area contributed by atoms with Gasteiger partial charge >= 0.3 is 0 Å². The van der Waals surface area contributed by atoms with E-state index in [1.165, 1.54) is 11.1 Å². The molecule has 0 fully saturated rings. The molecule has 5 heteroatoms. The first-order valence-corrected chi connectivity index (χ1v) is 8.57. The molecule has 1 amide bonds. The van der Waals surface area contributed by atoms with Gasteiger partial charge in [0.05, 0.1) is 23.2 Å². The molecule has 1 N–H and O–H groups in total. The van der Waals surface area contributed by atoms with Gasteiger partial charge in [0, 0.05) is 12.4 Å². The number of carbonyl (C=O) groups excluding carboxylic acids is 1. The van der Waals surface area contributed by atoms with E-state index < -0.39 is 0 Å². The van der Waals surface area contributed by atoms with Crippen molar-refractivity contribution in [3.63, 3.8) is 0 Å². The van der Waals surface area contributed by atoms with Crippen LogP contribution in [0.2, 0.25) is 5.02 Å². The molecule has 2 heterocycles. The highest BCUT2D eigenvalue weighted by Crippen LogP contribution is 2.31. The second-order valence-electron chi connectivity index (χ2n) is 6.21. The van der Waals surface area contributed by atoms with Crippen molar-refractivity contribution in [2.24, 2.45) is 0 Å². The van der Waals surface area contributed by atoms with Crippen LogP contribution in [0.25, 0.3) is 5.65 Å². The summed E-state index contributed by atoms with van der Waals surface area (Å²) in [5, 5.41) is 3.70. The number of benzene rings is 1. The summed E-state index contributed by atoms with van der Waals surface area (Å²) in [5.74, 6) is 0.0265. The maximum absolute atomic E-state index is 12.6. The number of fused-ring (bicyclic) bond motifs is 2. The summed E-state index contributed by atoms with van der Waals surface area (Å²) in [6, 6.07) is 11.9. The number of hydrogen-bond donors (Lipinski definition) is 1. The molecular weight excluding hydrogens is 322 g/mol. The molecule has 1 atom stereocenters. The highest BCUT2D eigenvalue weighted by Gasteiger charge is 2.25. The number of nitrogens with zero attached hydrogens (tertiary/aromatic N) is 2. The van der Waals surface area contributed by atoms with Crippen LogP contribution < -0.4 is 5.32 Å². The molecule has 4 nitrogen and oxygen atoms in total. The van der Waals surface area contributed by atoms with E-state index in [2.05, 4.69) is 22.4 Å². The van der Waals surface area contributed by atoms with E-state index in [0.29, 0.717) is 11.6 Å². The quantitative estimate of drug-likeness (QED) is 0.790. The third kappa shape index (κ3) is 2.89. The zero-order valence-electron chi connectivity index (χ0n) is 13.2. The van der Waals surface area contributed by atoms with Crippen molar-refractivity contribution in [3.8, 4) is 0 Å². The van der Waals surface area contributed by atoms with Gasteiger partial charge in [-0.05, 0) is 42.5 Å². The lowest BCUT2D eigenvalue weighted by Crippen LogP contribution is -2.31. The topological polar surface area (TPSA) is 46.4 Å². The molecule has 2 aromatic heterocycles. The fraction of sp³-hybridized carbons (Fsp3) is 0.263. The predicted molar refractivity (Wildman–Crippen MR) is 94.2 cm³/mol. The molecule has 1 aromatic carbocycles. The average molecular weight is 340 g/mol. The van der Waals surface area contributed by atoms with E-state index >= 15 is 0 Å². The Morgan fingerprint density at radius 1 is 1.25 bits per heavy atom. The van der Waals surface area contributed by atoms with Crippen molar-refractivity contribution in [1.82, 2.24) is 14.7 Å². The van der Waals surface area contributed by atoms with Crippen molar-refractivity contribution in [3.05, 3.63) is 70.6 Å². The Bertz CT molecular complexity index is 903. The summed E-state index contributed by atoms with van der Waals surface area (Å²) >= 11 is 5.99. The Balaban J connectivity index is 1.48. The first kappa shape index (κ1) is 15.2. The van der Waals surface area contributed by atoms with Crippen LogP contribution in [0, 0.1) is 0 Å². The van der Waals surface area contributed by atoms with Crippen molar-refractivity contribution >= 4 is 23.2 Å². The molecule has 0 saturated heterocycles. The number of aryl methyl sites for hydroxylation is 1. The SMILES string of the molecule is O=C(NCc1cn2cc(Cl)ccc2n1)C1CCCc2ccccc21. The van der Waals surface area contributed by atoms with Crippen molar-refractivity contribution in [1.29, 1.82) is 0 Å². The number of imidazole rings is 1. The Hall–Kier alpha value is -2.33. The summed E-state index contributed by atoms with van der Waals surface area (Å²) in [6.07, 6.45) is 6.74. The van der Waals surface area contributed by atoms with Gasteiger partial charge in [0.1, 0.15) is 5.65 Å². The average Bonchev–Trinajstić information content (AvgIpc) is 3.01. The van der Waals surface area contributed by atoms with Gasteiger partial charge in [-0.1, -0.05) is 35.9 Å². The molecular formula is C19H18ClN3O. The van der Waals surface area contributed by atoms with Crippen LogP contribution in [0.3, 0.4) is 0 Å². The van der Waals surface area contributed by atoms with E-state index in [4.69, 9.17) is 11.6 Å². The van der Waals surface area contributed by atoms with Gasteiger partial charge < -0.3 is 9.72 Å². The minimum absolute atomic E-state index is 0.0542. The van der Waals surface area contributed by atoms with Gasteiger partial charge in [0.25, 0.3) is 0 Å². The molecule has 0 spiro atoms. The van der Waals surface area contributed by atoms with Gasteiger partial charge in [-0.2, -0.15) is 0 Å². The molecule has 1 aliphatic rings. The van der Waals surface area contributed by atoms with Crippen LogP contribution >= 0.6 is 11.6 Å². The third-order valence-corrected chi connectivity index (χ3v) is 4.82. The minimum Gasteiger partial charge on any atom is -0.350 e. The molecule has 3 aromatic rings. The summed E-state index contributed by atoms with van der Waals surface area (Å²) in [7, 11) is 0. The van der Waals surface area contributed by atoms with E-state index in [-0.39, 0.29) is 11.8 Å². The fourth-order valence-corrected chi connectivity index (χ4v) is 3.60. The smallest absolute Gasteiger partial charge is 0.227 e. The first-order chi connectivity index (χ1) is 11.7. The van der Waals surface area contributed by atoms with Crippen LogP contribution in [-0.4, -0.2) is 15.3 Å². The molecule has 1 aliphatic carbocycles. The maximum Gasteiger partial charge on any atom is 0.227 e. The van der Waals surface area contributed by atoms with Crippen molar-refractivity contribution < 1.29 is 4.79 Å². The Morgan fingerprint density at radius 3 is 3.04 bits per heavy atom. The summed E-state index contributed by atoms with van der Waals surface area (Å²) < 4.78 is 1.87. The lowest BCUT2D eigenvalue weighted by molar-refractivity contribution is -0.123. The van der Waals surface area contributed by atoms with Gasteiger partial charge in [-0.25, -0.2) is 4.98 Å². The Labute approximate surface area is 145 Å². The number of amides is 1. The molecule has 0 radical (unpaired) electrons. The van der Waals surface area contributed by atoms with Crippen molar-refractivity contribution in [2.45, 2.75) is 31.7 Å². The Kier molecular flexibility index (Phi) is 3.98. The number of halogens is 1. The van der Waals surface area contributed by atoms with E-state index in [1.807, 2.05) is 41.1 Å². The zero-order valence-corrected chi connectivity index (χ0v) is 14.0. The van der Waals surface area contributed by atoms with E-state index in [0.717, 1.165) is 30.6 Å². The third-order valence-electron chi connectivity index (χ3n) is 4.59. The standard InChI is InChI=1S/C19H18ClN3O/c20-14-8-9-18-22-15(12-23(18)11-14)10-21-19(24)17-7-3-5-13-4-1-2-6-16(13)17/h1-2,4,6,8-9,11-12,17H,3,5,7,10H2,(H,21,24). The monoisotopic (exact) mass is 339 g/mol. The van der Waals surface area contributed by atoms with E-state index in [9.17, 15) is 4.79 Å². The molecule has 0 aliphatic heterocycles. The molecule has 122 valence electrons. The fourth-order valence-electron chi connectivity index (χ4n) is 3.43. The lowest BCUT2D eigenvalue weighted by Gasteiger charge is -2.24. The molecule has 1 unspecified atom stereocenters. The minimum atomic E-state index is -0.0542. The first-order valence-electron chi connectivity index (χ1n) is 8.19. The van der Waals surface area contributed by atoms with Gasteiger partial charge in [0.15, 0.2) is 0 Å². The molecule has 24 heavy (non-hydrogen) atoms. The van der Waals surface area contributed by atoms with Gasteiger partial charge in [0.2, 0.25) is 5.91 Å². The predicted octanol–water partition coefficient (Wildman–Crippen LogP) is 3.72. The number of rotatable bonds is 3. The normalized spacial score (nSPS) is 16.8. The summed E-state index contributed by atoms with van der Waals surface area (Å²) in [6.45, 7) is 0.427. The molecule has 0 bridgehead atoms. The van der Waals surface area contributed by atoms with Crippen LogP contribution in [0.1, 0.15) is 35.6 Å². The highest BCUT2D eigenvalue weighted by atomic mass is 35.5. The highest BCUT2D eigenvalue weighted by molar-refractivity contribution is 6.30. The molecule has 0 saturated carbocycles. The second kappa shape index (κ2) is 6.29. The molecule has 4 rings (SSSR count). The number of nitrogens with one attached hydrogen (secondary N) is 1. The number of hydrogen-bond acceptors (Lipinski definition) is 2. The van der Waals surface area contributed by atoms with Crippen LogP contribution in [0.15, 0.2) is 48.8 Å². The number of pyridine rings is 1. The summed E-state index contributed by atoms with van der Waals surface area (Å²) in [5.41, 5.74) is 4.12. The number of aromatic nitrogens is 2.